The SMILES string of the molecule is COCCCOSc1ccc2c(c1Br)OC(C)CC2=O. The molecule has 1 aliphatic heterocycles. The predicted molar refractivity (Wildman–Crippen MR) is 81.5 cm³/mol. The molecule has 0 saturated carbocycles. The minimum absolute atomic E-state index is 0.0887. The van der Waals surface area contributed by atoms with E-state index in [2.05, 4.69) is 15.9 Å². The summed E-state index contributed by atoms with van der Waals surface area (Å²) in [6.45, 7) is 3.19. The molecule has 4 nitrogen and oxygen atoms in total. The van der Waals surface area contributed by atoms with Crippen LogP contribution in [0.1, 0.15) is 30.1 Å². The van der Waals surface area contributed by atoms with Gasteiger partial charge in [-0.15, -0.1) is 0 Å². The molecule has 6 heteroatoms. The van der Waals surface area contributed by atoms with E-state index in [-0.39, 0.29) is 11.9 Å². The lowest BCUT2D eigenvalue weighted by molar-refractivity contribution is 0.0869. The smallest absolute Gasteiger partial charge is 0.170 e. The second-order valence-corrected chi connectivity index (χ2v) is 6.20. The number of halogens is 1. The third kappa shape index (κ3) is 3.75. The van der Waals surface area contributed by atoms with E-state index in [4.69, 9.17) is 13.7 Å². The monoisotopic (exact) mass is 360 g/mol. The fourth-order valence-corrected chi connectivity index (χ4v) is 3.17. The Morgan fingerprint density at radius 2 is 2.25 bits per heavy atom. The first-order valence-corrected chi connectivity index (χ1v) is 7.97. The fraction of sp³-hybridized carbons (Fsp3) is 0.500. The van der Waals surface area contributed by atoms with E-state index in [1.165, 1.54) is 12.0 Å². The van der Waals surface area contributed by atoms with Crippen LogP contribution in [0.5, 0.6) is 5.75 Å². The highest BCUT2D eigenvalue weighted by molar-refractivity contribution is 9.10. The fourth-order valence-electron chi connectivity index (χ4n) is 1.92. The van der Waals surface area contributed by atoms with Gasteiger partial charge in [0.2, 0.25) is 0 Å². The van der Waals surface area contributed by atoms with E-state index in [0.717, 1.165) is 15.8 Å². The second-order valence-electron chi connectivity index (χ2n) is 4.56. The number of rotatable bonds is 6. The highest BCUT2D eigenvalue weighted by Crippen LogP contribution is 2.41. The number of benzene rings is 1. The zero-order chi connectivity index (χ0) is 14.5. The maximum Gasteiger partial charge on any atom is 0.170 e. The normalized spacial score (nSPS) is 17.8. The van der Waals surface area contributed by atoms with Crippen LogP contribution in [0.2, 0.25) is 0 Å². The quantitative estimate of drug-likeness (QED) is 0.569. The Kier molecular flexibility index (Phi) is 5.89. The van der Waals surface area contributed by atoms with Gasteiger partial charge >= 0.3 is 0 Å². The van der Waals surface area contributed by atoms with Crippen LogP contribution in [0.15, 0.2) is 21.5 Å². The van der Waals surface area contributed by atoms with Crippen LogP contribution in [0.4, 0.5) is 0 Å². The first-order valence-electron chi connectivity index (χ1n) is 6.44. The summed E-state index contributed by atoms with van der Waals surface area (Å²) in [5.74, 6) is 0.747. The van der Waals surface area contributed by atoms with Crippen molar-refractivity contribution in [2.75, 3.05) is 20.3 Å². The second kappa shape index (κ2) is 7.45. The topological polar surface area (TPSA) is 44.8 Å². The third-order valence-electron chi connectivity index (χ3n) is 2.88. The molecule has 0 aliphatic carbocycles. The third-order valence-corrected chi connectivity index (χ3v) is 4.73. The van der Waals surface area contributed by atoms with Crippen molar-refractivity contribution in [3.05, 3.63) is 22.2 Å². The summed E-state index contributed by atoms with van der Waals surface area (Å²) >= 11 is 4.78. The lowest BCUT2D eigenvalue weighted by Crippen LogP contribution is -2.24. The molecule has 0 amide bonds. The van der Waals surface area contributed by atoms with Crippen LogP contribution < -0.4 is 4.74 Å². The van der Waals surface area contributed by atoms with Gasteiger partial charge in [0.05, 0.1) is 21.5 Å². The molecule has 0 spiro atoms. The van der Waals surface area contributed by atoms with Crippen LogP contribution in [0.3, 0.4) is 0 Å². The maximum atomic E-state index is 11.9. The first kappa shape index (κ1) is 15.8. The number of ketones is 1. The summed E-state index contributed by atoms with van der Waals surface area (Å²) in [7, 11) is 1.67. The Bertz CT molecular complexity index is 492. The van der Waals surface area contributed by atoms with Crippen molar-refractivity contribution in [2.45, 2.75) is 30.8 Å². The van der Waals surface area contributed by atoms with Crippen LogP contribution >= 0.6 is 28.0 Å². The van der Waals surface area contributed by atoms with Crippen LogP contribution in [-0.2, 0) is 8.92 Å². The van der Waals surface area contributed by atoms with Crippen molar-refractivity contribution in [3.63, 3.8) is 0 Å². The summed E-state index contributed by atoms with van der Waals surface area (Å²) in [4.78, 5) is 12.8. The molecular formula is C14H17BrO4S. The van der Waals surface area contributed by atoms with E-state index >= 15 is 0 Å². The van der Waals surface area contributed by atoms with Gasteiger partial charge in [-0.25, -0.2) is 0 Å². The molecule has 110 valence electrons. The minimum Gasteiger partial charge on any atom is -0.488 e. The van der Waals surface area contributed by atoms with Gasteiger partial charge in [-0.3, -0.25) is 4.79 Å². The molecule has 0 aromatic heterocycles. The van der Waals surface area contributed by atoms with Crippen LogP contribution in [0.25, 0.3) is 0 Å². The summed E-state index contributed by atoms with van der Waals surface area (Å²) in [6.07, 6.45) is 1.19. The summed E-state index contributed by atoms with van der Waals surface area (Å²) in [5.41, 5.74) is 0.638. The molecule has 0 N–H and O–H groups in total. The van der Waals surface area contributed by atoms with Gasteiger partial charge in [0, 0.05) is 32.2 Å². The van der Waals surface area contributed by atoms with E-state index < -0.39 is 0 Å². The minimum atomic E-state index is -0.0887. The molecule has 0 saturated heterocycles. The van der Waals surface area contributed by atoms with E-state index in [1.807, 2.05) is 13.0 Å². The van der Waals surface area contributed by atoms with Gasteiger partial charge in [0.15, 0.2) is 5.78 Å². The highest BCUT2D eigenvalue weighted by atomic mass is 79.9. The van der Waals surface area contributed by atoms with Gasteiger partial charge in [0.25, 0.3) is 0 Å². The first-order chi connectivity index (χ1) is 9.63. The number of methoxy groups -OCH3 is 1. The zero-order valence-corrected chi connectivity index (χ0v) is 13.9. The van der Waals surface area contributed by atoms with Crippen LogP contribution in [-0.4, -0.2) is 32.2 Å². The molecule has 20 heavy (non-hydrogen) atoms. The van der Waals surface area contributed by atoms with Gasteiger partial charge in [-0.2, -0.15) is 0 Å². The lowest BCUT2D eigenvalue weighted by Gasteiger charge is -2.24. The Morgan fingerprint density at radius 3 is 3.00 bits per heavy atom. The summed E-state index contributed by atoms with van der Waals surface area (Å²) in [6, 6.07) is 3.68. The van der Waals surface area contributed by atoms with Gasteiger partial charge < -0.3 is 13.7 Å². The zero-order valence-electron chi connectivity index (χ0n) is 11.5. The molecule has 2 rings (SSSR count). The number of carbonyl (C=O) groups is 1. The Morgan fingerprint density at radius 1 is 1.45 bits per heavy atom. The Balaban J connectivity index is 2.05. The molecule has 0 fully saturated rings. The molecule has 1 heterocycles. The highest BCUT2D eigenvalue weighted by Gasteiger charge is 2.26. The number of hydrogen-bond acceptors (Lipinski definition) is 5. The van der Waals surface area contributed by atoms with Crippen molar-refractivity contribution in [2.24, 2.45) is 0 Å². The largest absolute Gasteiger partial charge is 0.488 e. The Labute approximate surface area is 131 Å². The number of ether oxygens (including phenoxy) is 2. The predicted octanol–water partition coefficient (Wildman–Crippen LogP) is 3.86. The Hall–Kier alpha value is -0.560. The average molecular weight is 361 g/mol. The average Bonchev–Trinajstić information content (AvgIpc) is 2.41. The molecule has 1 aliphatic rings. The number of Topliss-reactive ketones (excluding diaryl/α,β-unsaturated/α-hetero) is 1. The van der Waals surface area contributed by atoms with Crippen molar-refractivity contribution >= 4 is 33.8 Å². The lowest BCUT2D eigenvalue weighted by atomic mass is 10.0. The maximum absolute atomic E-state index is 11.9. The van der Waals surface area contributed by atoms with Crippen molar-refractivity contribution in [1.29, 1.82) is 0 Å². The molecule has 1 aromatic rings. The number of fused-ring (bicyclic) bond motifs is 1. The van der Waals surface area contributed by atoms with Gasteiger partial charge in [-0.1, -0.05) is 0 Å². The van der Waals surface area contributed by atoms with Crippen molar-refractivity contribution in [3.8, 4) is 5.75 Å². The standard InChI is InChI=1S/C14H17BrO4S/c1-9-8-11(16)10-4-5-12(13(15)14(10)19-9)20-18-7-3-6-17-2/h4-5,9H,3,6-8H2,1-2H3. The van der Waals surface area contributed by atoms with Crippen molar-refractivity contribution < 1.29 is 18.5 Å². The molecule has 1 unspecified atom stereocenters. The molecule has 0 bridgehead atoms. The van der Waals surface area contributed by atoms with E-state index in [9.17, 15) is 4.79 Å². The molecular weight excluding hydrogens is 344 g/mol. The summed E-state index contributed by atoms with van der Waals surface area (Å²) < 4.78 is 17.0. The molecule has 0 radical (unpaired) electrons. The van der Waals surface area contributed by atoms with Crippen molar-refractivity contribution in [1.82, 2.24) is 0 Å². The van der Waals surface area contributed by atoms with Gasteiger partial charge in [0.1, 0.15) is 11.9 Å². The van der Waals surface area contributed by atoms with Gasteiger partial charge in [-0.05, 0) is 41.4 Å². The van der Waals surface area contributed by atoms with E-state index in [0.29, 0.717) is 30.9 Å². The molecule has 1 atom stereocenters. The number of carbonyl (C=O) groups excluding carboxylic acids is 1. The number of hydrogen-bond donors (Lipinski definition) is 0. The van der Waals surface area contributed by atoms with Crippen LogP contribution in [0, 0.1) is 0 Å². The van der Waals surface area contributed by atoms with E-state index in [1.54, 1.807) is 13.2 Å². The summed E-state index contributed by atoms with van der Waals surface area (Å²) in [5, 5.41) is 0. The molecule has 1 aromatic carbocycles.